The van der Waals surface area contributed by atoms with Crippen LogP contribution in [0.5, 0.6) is 11.5 Å². The first-order valence-electron chi connectivity index (χ1n) is 6.10. The molecule has 0 aliphatic rings. The summed E-state index contributed by atoms with van der Waals surface area (Å²) in [6, 6.07) is 8.72. The van der Waals surface area contributed by atoms with E-state index in [4.69, 9.17) is 9.47 Å². The monoisotopic (exact) mass is 272 g/mol. The summed E-state index contributed by atoms with van der Waals surface area (Å²) in [5, 5.41) is 2.81. The molecule has 0 saturated heterocycles. The molecule has 0 aliphatic heterocycles. The highest BCUT2D eigenvalue weighted by atomic mass is 16.5. The molecule has 5 nitrogen and oxygen atoms in total. The van der Waals surface area contributed by atoms with Crippen LogP contribution in [0.2, 0.25) is 0 Å². The lowest BCUT2D eigenvalue weighted by atomic mass is 10.1. The van der Waals surface area contributed by atoms with Gasteiger partial charge in [0.15, 0.2) is 0 Å². The van der Waals surface area contributed by atoms with Crippen molar-refractivity contribution in [2.24, 2.45) is 0 Å². The summed E-state index contributed by atoms with van der Waals surface area (Å²) in [5.74, 6) is 0.644. The minimum Gasteiger partial charge on any atom is -0.496 e. The van der Waals surface area contributed by atoms with Gasteiger partial charge in [-0.3, -0.25) is 9.78 Å². The molecule has 0 radical (unpaired) electrons. The number of nitrogens with zero attached hydrogens (tertiary/aromatic N) is 1. The SMILES string of the molecule is COc1cccc(OC)c1C(=O)Nc1ccnc(C)c1. The Morgan fingerprint density at radius 3 is 2.35 bits per heavy atom. The van der Waals surface area contributed by atoms with Crippen molar-refractivity contribution < 1.29 is 14.3 Å². The number of pyridine rings is 1. The van der Waals surface area contributed by atoms with Gasteiger partial charge < -0.3 is 14.8 Å². The number of hydrogen-bond acceptors (Lipinski definition) is 4. The molecule has 1 amide bonds. The quantitative estimate of drug-likeness (QED) is 0.929. The van der Waals surface area contributed by atoms with E-state index in [2.05, 4.69) is 10.3 Å². The Morgan fingerprint density at radius 2 is 1.80 bits per heavy atom. The number of carbonyl (C=O) groups is 1. The molecule has 1 aromatic heterocycles. The number of carbonyl (C=O) groups excluding carboxylic acids is 1. The maximum Gasteiger partial charge on any atom is 0.263 e. The summed E-state index contributed by atoms with van der Waals surface area (Å²) in [5.41, 5.74) is 1.87. The van der Waals surface area contributed by atoms with Crippen molar-refractivity contribution in [1.29, 1.82) is 0 Å². The summed E-state index contributed by atoms with van der Waals surface area (Å²) in [6.45, 7) is 1.86. The van der Waals surface area contributed by atoms with Crippen molar-refractivity contribution in [2.45, 2.75) is 6.92 Å². The number of ether oxygens (including phenoxy) is 2. The van der Waals surface area contributed by atoms with Crippen LogP contribution in [0, 0.1) is 6.92 Å². The molecular formula is C15H16N2O3. The second-order valence-electron chi connectivity index (χ2n) is 4.18. The van der Waals surface area contributed by atoms with Gasteiger partial charge in [0.05, 0.1) is 14.2 Å². The van der Waals surface area contributed by atoms with E-state index < -0.39 is 0 Å². The van der Waals surface area contributed by atoms with Gasteiger partial charge in [-0.2, -0.15) is 0 Å². The highest BCUT2D eigenvalue weighted by Crippen LogP contribution is 2.29. The van der Waals surface area contributed by atoms with Gasteiger partial charge in [0.1, 0.15) is 17.1 Å². The van der Waals surface area contributed by atoms with Gasteiger partial charge in [0.25, 0.3) is 5.91 Å². The molecule has 0 saturated carbocycles. The van der Waals surface area contributed by atoms with Crippen LogP contribution in [0.15, 0.2) is 36.5 Å². The normalized spacial score (nSPS) is 9.95. The molecule has 2 rings (SSSR count). The number of anilines is 1. The first-order valence-corrected chi connectivity index (χ1v) is 6.10. The molecule has 0 bridgehead atoms. The summed E-state index contributed by atoms with van der Waals surface area (Å²) in [4.78, 5) is 16.5. The highest BCUT2D eigenvalue weighted by molar-refractivity contribution is 6.08. The molecule has 20 heavy (non-hydrogen) atoms. The van der Waals surface area contributed by atoms with E-state index in [1.165, 1.54) is 14.2 Å². The van der Waals surface area contributed by atoms with Crippen molar-refractivity contribution in [2.75, 3.05) is 19.5 Å². The van der Waals surface area contributed by atoms with Crippen LogP contribution in [0.4, 0.5) is 5.69 Å². The van der Waals surface area contributed by atoms with Crippen LogP contribution < -0.4 is 14.8 Å². The average molecular weight is 272 g/mol. The Balaban J connectivity index is 2.33. The van der Waals surface area contributed by atoms with Gasteiger partial charge in [0.2, 0.25) is 0 Å². The molecule has 0 atom stereocenters. The van der Waals surface area contributed by atoms with Crippen molar-refractivity contribution in [3.8, 4) is 11.5 Å². The first kappa shape index (κ1) is 13.9. The maximum absolute atomic E-state index is 12.4. The highest BCUT2D eigenvalue weighted by Gasteiger charge is 2.18. The Morgan fingerprint density at radius 1 is 1.15 bits per heavy atom. The van der Waals surface area contributed by atoms with Gasteiger partial charge in [-0.25, -0.2) is 0 Å². The van der Waals surface area contributed by atoms with E-state index in [1.807, 2.05) is 6.92 Å². The number of methoxy groups -OCH3 is 2. The second kappa shape index (κ2) is 6.06. The first-order chi connectivity index (χ1) is 9.65. The molecule has 0 spiro atoms. The van der Waals surface area contributed by atoms with Crippen molar-refractivity contribution in [1.82, 2.24) is 4.98 Å². The Hall–Kier alpha value is -2.56. The topological polar surface area (TPSA) is 60.5 Å². The number of hydrogen-bond donors (Lipinski definition) is 1. The number of aryl methyl sites for hydroxylation is 1. The Bertz CT molecular complexity index is 604. The maximum atomic E-state index is 12.4. The summed E-state index contributed by atoms with van der Waals surface area (Å²) >= 11 is 0. The Labute approximate surface area is 117 Å². The third-order valence-electron chi connectivity index (χ3n) is 2.81. The van der Waals surface area contributed by atoms with Crippen LogP contribution >= 0.6 is 0 Å². The predicted molar refractivity (Wildman–Crippen MR) is 76.5 cm³/mol. The van der Waals surface area contributed by atoms with E-state index in [-0.39, 0.29) is 5.91 Å². The van der Waals surface area contributed by atoms with Crippen LogP contribution in [-0.4, -0.2) is 25.1 Å². The van der Waals surface area contributed by atoms with Gasteiger partial charge in [-0.15, -0.1) is 0 Å². The lowest BCUT2D eigenvalue weighted by molar-refractivity contribution is 0.102. The third kappa shape index (κ3) is 2.88. The summed E-state index contributed by atoms with van der Waals surface area (Å²) in [7, 11) is 3.03. The van der Waals surface area contributed by atoms with E-state index in [0.29, 0.717) is 22.7 Å². The number of benzene rings is 1. The molecule has 0 aliphatic carbocycles. The molecule has 2 aromatic rings. The van der Waals surface area contributed by atoms with Crippen molar-refractivity contribution >= 4 is 11.6 Å². The second-order valence-corrected chi connectivity index (χ2v) is 4.18. The average Bonchev–Trinajstić information content (AvgIpc) is 2.46. The summed E-state index contributed by atoms with van der Waals surface area (Å²) in [6.07, 6.45) is 1.64. The molecule has 1 heterocycles. The van der Waals surface area contributed by atoms with Gasteiger partial charge >= 0.3 is 0 Å². The summed E-state index contributed by atoms with van der Waals surface area (Å²) < 4.78 is 10.4. The molecule has 0 unspecified atom stereocenters. The smallest absolute Gasteiger partial charge is 0.263 e. The molecule has 5 heteroatoms. The number of nitrogens with one attached hydrogen (secondary N) is 1. The van der Waals surface area contributed by atoms with E-state index in [9.17, 15) is 4.79 Å². The molecular weight excluding hydrogens is 256 g/mol. The molecule has 0 fully saturated rings. The van der Waals surface area contributed by atoms with Crippen LogP contribution in [0.3, 0.4) is 0 Å². The van der Waals surface area contributed by atoms with E-state index in [1.54, 1.807) is 36.5 Å². The zero-order valence-electron chi connectivity index (χ0n) is 11.6. The number of amides is 1. The largest absolute Gasteiger partial charge is 0.496 e. The lowest BCUT2D eigenvalue weighted by Crippen LogP contribution is -2.14. The predicted octanol–water partition coefficient (Wildman–Crippen LogP) is 2.66. The Kier molecular flexibility index (Phi) is 4.20. The zero-order valence-corrected chi connectivity index (χ0v) is 11.6. The van der Waals surface area contributed by atoms with E-state index >= 15 is 0 Å². The molecule has 104 valence electrons. The zero-order chi connectivity index (χ0) is 14.5. The molecule has 1 aromatic carbocycles. The molecule has 1 N–H and O–H groups in total. The van der Waals surface area contributed by atoms with Gasteiger partial charge in [-0.1, -0.05) is 6.07 Å². The van der Waals surface area contributed by atoms with Crippen LogP contribution in [0.25, 0.3) is 0 Å². The van der Waals surface area contributed by atoms with Crippen LogP contribution in [0.1, 0.15) is 16.1 Å². The third-order valence-corrected chi connectivity index (χ3v) is 2.81. The minimum atomic E-state index is -0.287. The number of rotatable bonds is 4. The van der Waals surface area contributed by atoms with Crippen molar-refractivity contribution in [3.63, 3.8) is 0 Å². The fourth-order valence-corrected chi connectivity index (χ4v) is 1.89. The van der Waals surface area contributed by atoms with Gasteiger partial charge in [-0.05, 0) is 31.2 Å². The number of aromatic nitrogens is 1. The fourth-order valence-electron chi connectivity index (χ4n) is 1.89. The fraction of sp³-hybridized carbons (Fsp3) is 0.200. The standard InChI is InChI=1S/C15H16N2O3/c1-10-9-11(7-8-16-10)17-15(18)14-12(19-2)5-4-6-13(14)20-3/h4-9H,1-3H3,(H,16,17,18). The van der Waals surface area contributed by atoms with Gasteiger partial charge in [0, 0.05) is 17.6 Å². The minimum absolute atomic E-state index is 0.287. The van der Waals surface area contributed by atoms with E-state index in [0.717, 1.165) is 5.69 Å². The van der Waals surface area contributed by atoms with Crippen LogP contribution in [-0.2, 0) is 0 Å². The van der Waals surface area contributed by atoms with Crippen molar-refractivity contribution in [3.05, 3.63) is 47.8 Å². The lowest BCUT2D eigenvalue weighted by Gasteiger charge is -2.13.